The van der Waals surface area contributed by atoms with Gasteiger partial charge in [0.1, 0.15) is 0 Å². The number of aliphatic carboxylic acids is 1. The summed E-state index contributed by atoms with van der Waals surface area (Å²) in [4.78, 5) is 25.4. The van der Waals surface area contributed by atoms with Gasteiger partial charge in [0.05, 0.1) is 5.92 Å². The lowest BCUT2D eigenvalue weighted by molar-refractivity contribution is -0.142. The lowest BCUT2D eigenvalue weighted by Crippen LogP contribution is -2.34. The summed E-state index contributed by atoms with van der Waals surface area (Å²) in [5, 5.41) is 9.35. The van der Waals surface area contributed by atoms with Crippen LogP contribution in [0.4, 0.5) is 0 Å². The van der Waals surface area contributed by atoms with E-state index in [9.17, 15) is 14.7 Å². The van der Waals surface area contributed by atoms with E-state index in [0.717, 1.165) is 12.8 Å². The van der Waals surface area contributed by atoms with E-state index in [2.05, 4.69) is 0 Å². The number of rotatable bonds is 8. The molecule has 0 aliphatic rings. The maximum absolute atomic E-state index is 12.3. The second-order valence-corrected chi connectivity index (χ2v) is 4.89. The lowest BCUT2D eigenvalue weighted by atomic mass is 9.95. The normalized spacial score (nSPS) is 11.9. The minimum atomic E-state index is -0.947. The van der Waals surface area contributed by atoms with Gasteiger partial charge >= 0.3 is 5.97 Å². The van der Waals surface area contributed by atoms with Crippen molar-refractivity contribution in [2.45, 2.75) is 39.0 Å². The number of hydrogen-bond acceptors (Lipinski definition) is 2. The van der Waals surface area contributed by atoms with Crippen molar-refractivity contribution in [3.8, 4) is 0 Å². The molecule has 0 fully saturated rings. The predicted octanol–water partition coefficient (Wildman–Crippen LogP) is 2.89. The highest BCUT2D eigenvalue weighted by Crippen LogP contribution is 2.21. The number of carboxylic acid groups (broad SMARTS) is 1. The Labute approximate surface area is 120 Å². The topological polar surface area (TPSA) is 57.6 Å². The first-order valence-electron chi connectivity index (χ1n) is 7.15. The molecule has 0 saturated heterocycles. The molecule has 1 aromatic carbocycles. The zero-order valence-corrected chi connectivity index (χ0v) is 12.2. The molecule has 4 heteroatoms. The molecule has 0 saturated carbocycles. The largest absolute Gasteiger partial charge is 0.481 e. The molecule has 1 unspecified atom stereocenters. The Morgan fingerprint density at radius 2 is 1.65 bits per heavy atom. The maximum atomic E-state index is 12.3. The fourth-order valence-electron chi connectivity index (χ4n) is 2.24. The van der Waals surface area contributed by atoms with E-state index in [1.165, 1.54) is 0 Å². The maximum Gasteiger partial charge on any atom is 0.311 e. The summed E-state index contributed by atoms with van der Waals surface area (Å²) in [6, 6.07) is 8.95. The Kier molecular flexibility index (Phi) is 6.77. The molecule has 1 aromatic rings. The number of amides is 1. The van der Waals surface area contributed by atoms with E-state index < -0.39 is 11.9 Å². The van der Waals surface area contributed by atoms with Crippen LogP contribution in [0.3, 0.4) is 0 Å². The molecular formula is C16H23NO3. The van der Waals surface area contributed by atoms with Gasteiger partial charge in [-0.2, -0.15) is 0 Å². The van der Waals surface area contributed by atoms with Crippen LogP contribution in [0, 0.1) is 0 Å². The highest BCUT2D eigenvalue weighted by Gasteiger charge is 2.25. The van der Waals surface area contributed by atoms with Gasteiger partial charge in [-0.15, -0.1) is 0 Å². The number of carbonyl (C=O) groups is 2. The van der Waals surface area contributed by atoms with Crippen molar-refractivity contribution in [1.29, 1.82) is 0 Å². The molecule has 0 bridgehead atoms. The Bertz CT molecular complexity index is 425. The van der Waals surface area contributed by atoms with Crippen LogP contribution in [-0.2, 0) is 9.59 Å². The van der Waals surface area contributed by atoms with Crippen molar-refractivity contribution < 1.29 is 14.7 Å². The fourth-order valence-corrected chi connectivity index (χ4v) is 2.24. The zero-order chi connectivity index (χ0) is 15.0. The summed E-state index contributed by atoms with van der Waals surface area (Å²) in [6.45, 7) is 5.41. The first-order valence-corrected chi connectivity index (χ1v) is 7.15. The van der Waals surface area contributed by atoms with Crippen molar-refractivity contribution in [3.05, 3.63) is 35.9 Å². The van der Waals surface area contributed by atoms with E-state index in [4.69, 9.17) is 0 Å². The lowest BCUT2D eigenvalue weighted by Gasteiger charge is -2.23. The van der Waals surface area contributed by atoms with E-state index in [1.54, 1.807) is 29.2 Å². The molecule has 0 spiro atoms. The summed E-state index contributed by atoms with van der Waals surface area (Å²) in [5.74, 6) is -1.79. The van der Waals surface area contributed by atoms with Gasteiger partial charge in [0.25, 0.3) is 0 Å². The average molecular weight is 277 g/mol. The summed E-state index contributed by atoms with van der Waals surface area (Å²) in [6.07, 6.45) is 1.79. The Morgan fingerprint density at radius 3 is 2.10 bits per heavy atom. The van der Waals surface area contributed by atoms with Crippen molar-refractivity contribution in [2.75, 3.05) is 13.1 Å². The molecule has 0 radical (unpaired) electrons. The smallest absolute Gasteiger partial charge is 0.311 e. The van der Waals surface area contributed by atoms with Crippen LogP contribution in [0.2, 0.25) is 0 Å². The Balaban J connectivity index is 2.80. The Hall–Kier alpha value is -1.84. The molecule has 1 N–H and O–H groups in total. The molecule has 20 heavy (non-hydrogen) atoms. The van der Waals surface area contributed by atoms with Gasteiger partial charge in [-0.05, 0) is 18.4 Å². The standard InChI is InChI=1S/C16H23NO3/c1-3-10-17(11-4-2)15(18)12-14(16(19)20)13-8-6-5-7-9-13/h5-9,14H,3-4,10-12H2,1-2H3,(H,19,20). The van der Waals surface area contributed by atoms with E-state index in [1.807, 2.05) is 19.9 Å². The molecule has 0 aliphatic carbocycles. The minimum absolute atomic E-state index is 0.0271. The van der Waals surface area contributed by atoms with Crippen LogP contribution in [0.15, 0.2) is 30.3 Å². The third kappa shape index (κ3) is 4.68. The summed E-state index contributed by atoms with van der Waals surface area (Å²) in [5.41, 5.74) is 0.682. The molecule has 4 nitrogen and oxygen atoms in total. The highest BCUT2D eigenvalue weighted by molar-refractivity contribution is 5.85. The molecule has 0 aliphatic heterocycles. The van der Waals surface area contributed by atoms with Crippen LogP contribution in [0.5, 0.6) is 0 Å². The van der Waals surface area contributed by atoms with Crippen LogP contribution < -0.4 is 0 Å². The molecular weight excluding hydrogens is 254 g/mol. The average Bonchev–Trinajstić information content (AvgIpc) is 2.45. The van der Waals surface area contributed by atoms with Gasteiger partial charge in [0.15, 0.2) is 0 Å². The molecule has 0 aromatic heterocycles. The summed E-state index contributed by atoms with van der Waals surface area (Å²) in [7, 11) is 0. The zero-order valence-electron chi connectivity index (χ0n) is 12.2. The third-order valence-corrected chi connectivity index (χ3v) is 3.22. The van der Waals surface area contributed by atoms with Crippen molar-refractivity contribution in [2.24, 2.45) is 0 Å². The van der Waals surface area contributed by atoms with Gasteiger partial charge in [0, 0.05) is 19.5 Å². The molecule has 1 atom stereocenters. The minimum Gasteiger partial charge on any atom is -0.481 e. The molecule has 0 heterocycles. The molecule has 1 amide bonds. The van der Waals surface area contributed by atoms with Gasteiger partial charge in [-0.1, -0.05) is 44.2 Å². The monoisotopic (exact) mass is 277 g/mol. The number of carboxylic acids is 1. The van der Waals surface area contributed by atoms with Crippen LogP contribution >= 0.6 is 0 Å². The summed E-state index contributed by atoms with van der Waals surface area (Å²) >= 11 is 0. The van der Waals surface area contributed by atoms with Gasteiger partial charge < -0.3 is 10.0 Å². The number of nitrogens with zero attached hydrogens (tertiary/aromatic N) is 1. The predicted molar refractivity (Wildman–Crippen MR) is 78.6 cm³/mol. The fraction of sp³-hybridized carbons (Fsp3) is 0.500. The van der Waals surface area contributed by atoms with E-state index in [-0.39, 0.29) is 12.3 Å². The second kappa shape index (κ2) is 8.35. The van der Waals surface area contributed by atoms with Gasteiger partial charge in [-0.25, -0.2) is 0 Å². The summed E-state index contributed by atoms with van der Waals surface area (Å²) < 4.78 is 0. The van der Waals surface area contributed by atoms with Crippen LogP contribution in [-0.4, -0.2) is 35.0 Å². The highest BCUT2D eigenvalue weighted by atomic mass is 16.4. The van der Waals surface area contributed by atoms with Crippen molar-refractivity contribution in [3.63, 3.8) is 0 Å². The van der Waals surface area contributed by atoms with Gasteiger partial charge in [0.2, 0.25) is 5.91 Å². The van der Waals surface area contributed by atoms with Crippen molar-refractivity contribution in [1.82, 2.24) is 4.90 Å². The first-order chi connectivity index (χ1) is 9.60. The van der Waals surface area contributed by atoms with Crippen LogP contribution in [0.25, 0.3) is 0 Å². The number of hydrogen-bond donors (Lipinski definition) is 1. The van der Waals surface area contributed by atoms with E-state index >= 15 is 0 Å². The number of carbonyl (C=O) groups excluding carboxylic acids is 1. The second-order valence-electron chi connectivity index (χ2n) is 4.89. The van der Waals surface area contributed by atoms with E-state index in [0.29, 0.717) is 18.7 Å². The molecule has 110 valence electrons. The first kappa shape index (κ1) is 16.2. The van der Waals surface area contributed by atoms with Crippen LogP contribution in [0.1, 0.15) is 44.6 Å². The number of benzene rings is 1. The molecule has 1 rings (SSSR count). The Morgan fingerprint density at radius 1 is 1.10 bits per heavy atom. The SMILES string of the molecule is CCCN(CCC)C(=O)CC(C(=O)O)c1ccccc1. The van der Waals surface area contributed by atoms with Gasteiger partial charge in [-0.3, -0.25) is 9.59 Å². The quantitative estimate of drug-likeness (QED) is 0.795. The van der Waals surface area contributed by atoms with Crippen molar-refractivity contribution >= 4 is 11.9 Å². The third-order valence-electron chi connectivity index (χ3n) is 3.22.